The summed E-state index contributed by atoms with van der Waals surface area (Å²) in [7, 11) is -1.28. The zero-order valence-corrected chi connectivity index (χ0v) is 7.72. The van der Waals surface area contributed by atoms with Crippen LogP contribution in [0.3, 0.4) is 0 Å². The molecule has 0 saturated carbocycles. The average molecular weight is 186 g/mol. The summed E-state index contributed by atoms with van der Waals surface area (Å²) in [5.74, 6) is 0. The molecule has 2 aromatic rings. The lowest BCUT2D eigenvalue weighted by molar-refractivity contribution is 0.405. The molecule has 0 aliphatic heterocycles. The van der Waals surface area contributed by atoms with Gasteiger partial charge >= 0.3 is 7.12 Å². The summed E-state index contributed by atoms with van der Waals surface area (Å²) in [6.45, 7) is 0. The molecule has 0 fully saturated rings. The molecule has 0 aliphatic rings. The van der Waals surface area contributed by atoms with E-state index in [9.17, 15) is 0 Å². The zero-order chi connectivity index (χ0) is 9.97. The van der Waals surface area contributed by atoms with E-state index < -0.39 is 7.12 Å². The van der Waals surface area contributed by atoms with Crippen molar-refractivity contribution in [2.45, 2.75) is 6.32 Å². The lowest BCUT2D eigenvalue weighted by Crippen LogP contribution is -2.15. The molecule has 2 rings (SSSR count). The maximum atomic E-state index is 8.92. The summed E-state index contributed by atoms with van der Waals surface area (Å²) in [5, 5.41) is 20.1. The van der Waals surface area contributed by atoms with Crippen molar-refractivity contribution < 1.29 is 10.0 Å². The molecular weight excluding hydrogens is 175 g/mol. The van der Waals surface area contributed by atoms with E-state index in [2.05, 4.69) is 0 Å². The molecule has 0 saturated heterocycles. The fourth-order valence-electron chi connectivity index (χ4n) is 1.67. The molecule has 2 N–H and O–H groups in total. The Hall–Kier alpha value is -1.32. The molecule has 0 spiro atoms. The first-order chi connectivity index (χ1) is 6.77. The maximum absolute atomic E-state index is 8.92. The third-order valence-corrected chi connectivity index (χ3v) is 2.28. The van der Waals surface area contributed by atoms with E-state index in [1.165, 1.54) is 0 Å². The highest BCUT2D eigenvalue weighted by Gasteiger charge is 2.09. The van der Waals surface area contributed by atoms with E-state index in [1.807, 2.05) is 42.5 Å². The van der Waals surface area contributed by atoms with Crippen LogP contribution in [-0.2, 0) is 6.32 Å². The average Bonchev–Trinajstić information content (AvgIpc) is 2.18. The van der Waals surface area contributed by atoms with E-state index in [1.54, 1.807) is 0 Å². The summed E-state index contributed by atoms with van der Waals surface area (Å²) in [6, 6.07) is 13.8. The van der Waals surface area contributed by atoms with Crippen molar-refractivity contribution in [1.29, 1.82) is 0 Å². The first-order valence-corrected chi connectivity index (χ1v) is 4.60. The minimum atomic E-state index is -1.28. The first-order valence-electron chi connectivity index (χ1n) is 4.60. The van der Waals surface area contributed by atoms with E-state index in [-0.39, 0.29) is 6.32 Å². The van der Waals surface area contributed by atoms with Gasteiger partial charge in [0.2, 0.25) is 0 Å². The SMILES string of the molecule is OB(O)Cc1cccc2ccccc12. The highest BCUT2D eigenvalue weighted by atomic mass is 16.4. The molecule has 2 aromatic carbocycles. The van der Waals surface area contributed by atoms with Crippen LogP contribution in [0.5, 0.6) is 0 Å². The summed E-state index contributed by atoms with van der Waals surface area (Å²) in [6.07, 6.45) is 0.279. The van der Waals surface area contributed by atoms with Crippen LogP contribution in [-0.4, -0.2) is 17.2 Å². The second-order valence-electron chi connectivity index (χ2n) is 3.32. The molecule has 70 valence electrons. The highest BCUT2D eigenvalue weighted by Crippen LogP contribution is 2.18. The van der Waals surface area contributed by atoms with Gasteiger partial charge in [0, 0.05) is 6.32 Å². The molecule has 14 heavy (non-hydrogen) atoms. The van der Waals surface area contributed by atoms with Gasteiger partial charge < -0.3 is 10.0 Å². The molecule has 3 heteroatoms. The van der Waals surface area contributed by atoms with Gasteiger partial charge in [-0.25, -0.2) is 0 Å². The van der Waals surface area contributed by atoms with Crippen molar-refractivity contribution in [1.82, 2.24) is 0 Å². The summed E-state index contributed by atoms with van der Waals surface area (Å²) in [5.41, 5.74) is 0.970. The molecule has 0 radical (unpaired) electrons. The fourth-order valence-corrected chi connectivity index (χ4v) is 1.67. The predicted molar refractivity (Wildman–Crippen MR) is 57.8 cm³/mol. The molecule has 2 nitrogen and oxygen atoms in total. The number of benzene rings is 2. The monoisotopic (exact) mass is 186 g/mol. The molecule has 0 bridgehead atoms. The van der Waals surface area contributed by atoms with E-state index >= 15 is 0 Å². The Balaban J connectivity index is 2.53. The van der Waals surface area contributed by atoms with Gasteiger partial charge in [0.1, 0.15) is 0 Å². The second-order valence-corrected chi connectivity index (χ2v) is 3.32. The van der Waals surface area contributed by atoms with Crippen LogP contribution in [0.1, 0.15) is 5.56 Å². The van der Waals surface area contributed by atoms with Crippen molar-refractivity contribution in [2.24, 2.45) is 0 Å². The van der Waals surface area contributed by atoms with Crippen molar-refractivity contribution in [3.8, 4) is 0 Å². The lowest BCUT2D eigenvalue weighted by atomic mass is 9.80. The standard InChI is InChI=1S/C11H11BO2/c13-12(14)8-10-6-3-5-9-4-1-2-7-11(9)10/h1-7,13-14H,8H2. The van der Waals surface area contributed by atoms with Crippen molar-refractivity contribution in [2.75, 3.05) is 0 Å². The summed E-state index contributed by atoms with van der Waals surface area (Å²) >= 11 is 0. The Kier molecular flexibility index (Phi) is 2.52. The van der Waals surface area contributed by atoms with Gasteiger partial charge in [0.25, 0.3) is 0 Å². The quantitative estimate of drug-likeness (QED) is 0.695. The van der Waals surface area contributed by atoms with Gasteiger partial charge in [-0.05, 0) is 16.3 Å². The Bertz CT molecular complexity index is 435. The van der Waals surface area contributed by atoms with E-state index in [0.29, 0.717) is 0 Å². The Morgan fingerprint density at radius 2 is 1.64 bits per heavy atom. The largest absolute Gasteiger partial charge is 0.456 e. The van der Waals surface area contributed by atoms with Crippen LogP contribution in [0.25, 0.3) is 10.8 Å². The second kappa shape index (κ2) is 3.82. The van der Waals surface area contributed by atoms with Crippen LogP contribution in [0, 0.1) is 0 Å². The number of hydrogen-bond acceptors (Lipinski definition) is 2. The van der Waals surface area contributed by atoms with Crippen molar-refractivity contribution in [3.63, 3.8) is 0 Å². The Morgan fingerprint density at radius 3 is 2.43 bits per heavy atom. The third-order valence-electron chi connectivity index (χ3n) is 2.28. The van der Waals surface area contributed by atoms with Crippen LogP contribution in [0.4, 0.5) is 0 Å². The number of fused-ring (bicyclic) bond motifs is 1. The lowest BCUT2D eigenvalue weighted by Gasteiger charge is -2.05. The van der Waals surface area contributed by atoms with Crippen LogP contribution in [0.15, 0.2) is 42.5 Å². The molecule has 0 atom stereocenters. The minimum absolute atomic E-state index is 0.279. The van der Waals surface area contributed by atoms with Crippen LogP contribution >= 0.6 is 0 Å². The third kappa shape index (κ3) is 1.79. The molecule has 0 aromatic heterocycles. The van der Waals surface area contributed by atoms with Crippen molar-refractivity contribution >= 4 is 17.9 Å². The van der Waals surface area contributed by atoms with Gasteiger partial charge in [0.05, 0.1) is 0 Å². The van der Waals surface area contributed by atoms with Gasteiger partial charge in [-0.3, -0.25) is 0 Å². The van der Waals surface area contributed by atoms with Gasteiger partial charge in [-0.1, -0.05) is 42.5 Å². The van der Waals surface area contributed by atoms with Gasteiger partial charge in [0.15, 0.2) is 0 Å². The van der Waals surface area contributed by atoms with Crippen LogP contribution in [0.2, 0.25) is 0 Å². The van der Waals surface area contributed by atoms with Crippen LogP contribution < -0.4 is 0 Å². The number of hydrogen-bond donors (Lipinski definition) is 2. The molecule has 0 unspecified atom stereocenters. The summed E-state index contributed by atoms with van der Waals surface area (Å²) < 4.78 is 0. The Morgan fingerprint density at radius 1 is 0.929 bits per heavy atom. The molecule has 0 amide bonds. The summed E-state index contributed by atoms with van der Waals surface area (Å²) in [4.78, 5) is 0. The van der Waals surface area contributed by atoms with Gasteiger partial charge in [-0.2, -0.15) is 0 Å². The normalized spacial score (nSPS) is 10.4. The predicted octanol–water partition coefficient (Wildman–Crippen LogP) is 1.39. The first kappa shape index (κ1) is 9.25. The van der Waals surface area contributed by atoms with E-state index in [0.717, 1.165) is 16.3 Å². The van der Waals surface area contributed by atoms with Gasteiger partial charge in [-0.15, -0.1) is 0 Å². The van der Waals surface area contributed by atoms with Crippen molar-refractivity contribution in [3.05, 3.63) is 48.0 Å². The highest BCUT2D eigenvalue weighted by molar-refractivity contribution is 6.40. The topological polar surface area (TPSA) is 40.5 Å². The zero-order valence-electron chi connectivity index (χ0n) is 7.72. The smallest absolute Gasteiger partial charge is 0.427 e. The Labute approximate surface area is 83.0 Å². The fraction of sp³-hybridized carbons (Fsp3) is 0.0909. The minimum Gasteiger partial charge on any atom is -0.427 e. The molecule has 0 heterocycles. The molecular formula is C11H11BO2. The number of rotatable bonds is 2. The maximum Gasteiger partial charge on any atom is 0.456 e. The van der Waals surface area contributed by atoms with E-state index in [4.69, 9.17) is 10.0 Å². The molecule has 0 aliphatic carbocycles.